The minimum atomic E-state index is -0.505. The molecule has 4 nitrogen and oxygen atoms in total. The highest BCUT2D eigenvalue weighted by Gasteiger charge is 2.31. The molecule has 18 heavy (non-hydrogen) atoms. The van der Waals surface area contributed by atoms with Gasteiger partial charge in [0.05, 0.1) is 17.6 Å². The fraction of sp³-hybridized carbons (Fsp3) is 0.786. The maximum absolute atomic E-state index is 10.5. The summed E-state index contributed by atoms with van der Waals surface area (Å²) in [4.78, 5) is 4.15. The molecule has 2 atom stereocenters. The number of aryl methyl sites for hydroxylation is 1. The second-order valence-corrected chi connectivity index (χ2v) is 5.70. The van der Waals surface area contributed by atoms with Crippen LogP contribution in [-0.4, -0.2) is 26.8 Å². The number of rotatable bonds is 5. The largest absolute Gasteiger partial charge is 0.389 e. The molecule has 1 aromatic rings. The fourth-order valence-corrected chi connectivity index (χ4v) is 3.00. The lowest BCUT2D eigenvalue weighted by atomic mass is 9.79. The van der Waals surface area contributed by atoms with E-state index in [9.17, 15) is 5.11 Å². The smallest absolute Gasteiger partial charge is 0.0948 e. The van der Waals surface area contributed by atoms with Gasteiger partial charge in [0.2, 0.25) is 0 Å². The lowest BCUT2D eigenvalue weighted by Crippen LogP contribution is -2.43. The van der Waals surface area contributed by atoms with Gasteiger partial charge in [-0.3, -0.25) is 0 Å². The van der Waals surface area contributed by atoms with E-state index in [2.05, 4.69) is 28.7 Å². The van der Waals surface area contributed by atoms with Crippen LogP contribution in [0.25, 0.3) is 0 Å². The summed E-state index contributed by atoms with van der Waals surface area (Å²) in [7, 11) is 0. The van der Waals surface area contributed by atoms with E-state index in [0.29, 0.717) is 12.5 Å². The van der Waals surface area contributed by atoms with Gasteiger partial charge in [0, 0.05) is 25.8 Å². The lowest BCUT2D eigenvalue weighted by molar-refractivity contribution is -0.0120. The van der Waals surface area contributed by atoms with Crippen molar-refractivity contribution in [3.63, 3.8) is 0 Å². The zero-order valence-electron chi connectivity index (χ0n) is 11.5. The molecule has 1 aliphatic rings. The Bertz CT molecular complexity index is 377. The summed E-state index contributed by atoms with van der Waals surface area (Å²) in [6.45, 7) is 6.76. The first-order valence-corrected chi connectivity index (χ1v) is 7.05. The van der Waals surface area contributed by atoms with Crippen molar-refractivity contribution in [3.05, 3.63) is 18.2 Å². The molecular formula is C14H25N3O. The van der Waals surface area contributed by atoms with E-state index in [1.165, 1.54) is 12.1 Å². The number of aromatic nitrogens is 2. The number of nitrogens with one attached hydrogen (secondary N) is 1. The third kappa shape index (κ3) is 3.33. The van der Waals surface area contributed by atoms with E-state index in [-0.39, 0.29) is 0 Å². The normalized spacial score (nSPS) is 28.5. The first-order chi connectivity index (χ1) is 8.63. The highest BCUT2D eigenvalue weighted by atomic mass is 16.3. The Morgan fingerprint density at radius 1 is 1.61 bits per heavy atom. The van der Waals surface area contributed by atoms with Crippen LogP contribution in [0.15, 0.2) is 12.5 Å². The van der Waals surface area contributed by atoms with E-state index in [1.54, 1.807) is 0 Å². The van der Waals surface area contributed by atoms with E-state index in [0.717, 1.165) is 32.4 Å². The van der Waals surface area contributed by atoms with Crippen LogP contribution >= 0.6 is 0 Å². The third-order valence-corrected chi connectivity index (χ3v) is 3.97. The van der Waals surface area contributed by atoms with Crippen LogP contribution in [0.4, 0.5) is 0 Å². The second kappa shape index (κ2) is 5.85. The van der Waals surface area contributed by atoms with Gasteiger partial charge in [-0.2, -0.15) is 0 Å². The van der Waals surface area contributed by atoms with Crippen molar-refractivity contribution in [3.8, 4) is 0 Å². The van der Waals surface area contributed by atoms with Crippen molar-refractivity contribution in [2.45, 2.75) is 58.2 Å². The van der Waals surface area contributed by atoms with Crippen molar-refractivity contribution in [1.29, 1.82) is 0 Å². The van der Waals surface area contributed by atoms with Crippen LogP contribution in [0.2, 0.25) is 0 Å². The zero-order chi connectivity index (χ0) is 13.0. The number of hydrogen-bond acceptors (Lipinski definition) is 3. The molecule has 2 rings (SSSR count). The van der Waals surface area contributed by atoms with Gasteiger partial charge in [-0.15, -0.1) is 0 Å². The molecule has 4 heteroatoms. The van der Waals surface area contributed by atoms with Gasteiger partial charge >= 0.3 is 0 Å². The molecule has 0 spiro atoms. The summed E-state index contributed by atoms with van der Waals surface area (Å²) < 4.78 is 2.13. The molecule has 1 saturated carbocycles. The average Bonchev–Trinajstić information content (AvgIpc) is 2.76. The quantitative estimate of drug-likeness (QED) is 0.841. The van der Waals surface area contributed by atoms with E-state index < -0.39 is 5.60 Å². The van der Waals surface area contributed by atoms with Crippen molar-refractivity contribution in [1.82, 2.24) is 14.9 Å². The Kier molecular flexibility index (Phi) is 4.40. The number of hydrogen-bond donors (Lipinski definition) is 2. The highest BCUT2D eigenvalue weighted by Crippen LogP contribution is 2.31. The van der Waals surface area contributed by atoms with Crippen molar-refractivity contribution in [2.75, 3.05) is 6.54 Å². The van der Waals surface area contributed by atoms with Crippen LogP contribution in [-0.2, 0) is 13.1 Å². The van der Waals surface area contributed by atoms with Gasteiger partial charge in [0.25, 0.3) is 0 Å². The first-order valence-electron chi connectivity index (χ1n) is 7.05. The number of imidazole rings is 1. The molecule has 1 aromatic heterocycles. The standard InChI is InChI=1S/C14H25N3O/c1-3-17-11-16-9-13(17)8-15-10-14(18)6-4-5-12(2)7-14/h9,11-12,15,18H,3-8,10H2,1-2H3. The van der Waals surface area contributed by atoms with Crippen molar-refractivity contribution < 1.29 is 5.11 Å². The predicted octanol–water partition coefficient (Wildman–Crippen LogP) is 1.93. The minimum absolute atomic E-state index is 0.505. The van der Waals surface area contributed by atoms with Gasteiger partial charge in [0.15, 0.2) is 0 Å². The monoisotopic (exact) mass is 251 g/mol. The summed E-state index contributed by atoms with van der Waals surface area (Å²) in [6, 6.07) is 0. The molecule has 0 saturated heterocycles. The maximum Gasteiger partial charge on any atom is 0.0948 e. The van der Waals surface area contributed by atoms with Crippen LogP contribution in [0.1, 0.15) is 45.2 Å². The van der Waals surface area contributed by atoms with Crippen LogP contribution < -0.4 is 5.32 Å². The fourth-order valence-electron chi connectivity index (χ4n) is 3.00. The van der Waals surface area contributed by atoms with Gasteiger partial charge in [-0.05, 0) is 25.7 Å². The van der Waals surface area contributed by atoms with Gasteiger partial charge in [-0.1, -0.05) is 19.8 Å². The molecule has 0 aliphatic heterocycles. The molecule has 0 amide bonds. The van der Waals surface area contributed by atoms with E-state index >= 15 is 0 Å². The Labute approximate surface area is 109 Å². The van der Waals surface area contributed by atoms with Gasteiger partial charge in [0.1, 0.15) is 0 Å². The van der Waals surface area contributed by atoms with Crippen molar-refractivity contribution in [2.24, 2.45) is 5.92 Å². The summed E-state index contributed by atoms with van der Waals surface area (Å²) in [6.07, 6.45) is 8.00. The summed E-state index contributed by atoms with van der Waals surface area (Å²) >= 11 is 0. The second-order valence-electron chi connectivity index (χ2n) is 5.70. The predicted molar refractivity (Wildman–Crippen MR) is 72.2 cm³/mol. The van der Waals surface area contributed by atoms with E-state index in [4.69, 9.17) is 0 Å². The molecule has 0 radical (unpaired) electrons. The SMILES string of the molecule is CCn1cncc1CNCC1(O)CCCC(C)C1. The number of aliphatic hydroxyl groups is 1. The van der Waals surface area contributed by atoms with Gasteiger partial charge in [-0.25, -0.2) is 4.98 Å². The van der Waals surface area contributed by atoms with Gasteiger partial charge < -0.3 is 15.0 Å². The molecule has 102 valence electrons. The Balaban J connectivity index is 1.81. The molecule has 1 heterocycles. The van der Waals surface area contributed by atoms with Crippen LogP contribution in [0, 0.1) is 5.92 Å². The first kappa shape index (κ1) is 13.6. The summed E-state index contributed by atoms with van der Waals surface area (Å²) in [5, 5.41) is 13.9. The van der Waals surface area contributed by atoms with E-state index in [1.807, 2.05) is 12.5 Å². The topological polar surface area (TPSA) is 50.1 Å². The molecule has 1 fully saturated rings. The van der Waals surface area contributed by atoms with Crippen LogP contribution in [0.5, 0.6) is 0 Å². The molecular weight excluding hydrogens is 226 g/mol. The molecule has 2 N–H and O–H groups in total. The third-order valence-electron chi connectivity index (χ3n) is 3.97. The van der Waals surface area contributed by atoms with Crippen molar-refractivity contribution >= 4 is 0 Å². The Morgan fingerprint density at radius 2 is 2.44 bits per heavy atom. The molecule has 0 bridgehead atoms. The maximum atomic E-state index is 10.5. The van der Waals surface area contributed by atoms with Crippen LogP contribution in [0.3, 0.4) is 0 Å². The summed E-state index contributed by atoms with van der Waals surface area (Å²) in [5.74, 6) is 0.645. The summed E-state index contributed by atoms with van der Waals surface area (Å²) in [5.41, 5.74) is 0.680. The highest BCUT2D eigenvalue weighted by molar-refractivity contribution is 4.98. The molecule has 0 aromatic carbocycles. The zero-order valence-corrected chi connectivity index (χ0v) is 11.5. The Morgan fingerprint density at radius 3 is 3.17 bits per heavy atom. The minimum Gasteiger partial charge on any atom is -0.389 e. The molecule has 1 aliphatic carbocycles. The molecule has 2 unspecified atom stereocenters. The Hall–Kier alpha value is -0.870. The lowest BCUT2D eigenvalue weighted by Gasteiger charge is -2.35. The number of nitrogens with zero attached hydrogens (tertiary/aromatic N) is 2. The average molecular weight is 251 g/mol.